The van der Waals surface area contributed by atoms with Gasteiger partial charge in [-0.25, -0.2) is 9.97 Å². The van der Waals surface area contributed by atoms with Crippen molar-refractivity contribution >= 4 is 35.0 Å². The molecule has 4 aromatic rings. The molecular formula is C26H26N6O2S. The number of nitrogens with one attached hydrogen (secondary N) is 2. The number of benzene rings is 2. The zero-order valence-corrected chi connectivity index (χ0v) is 20.4. The second-order valence-corrected chi connectivity index (χ2v) is 9.38. The first kappa shape index (κ1) is 22.9. The molecule has 2 aromatic heterocycles. The van der Waals surface area contributed by atoms with Crippen LogP contribution in [0.5, 0.6) is 5.75 Å². The number of ketones is 1. The number of aromatic nitrogens is 4. The molecule has 0 unspecified atom stereocenters. The Kier molecular flexibility index (Phi) is 6.67. The lowest BCUT2D eigenvalue weighted by atomic mass is 10.0. The number of nitrogens with zero attached hydrogens (tertiary/aromatic N) is 4. The molecule has 0 aliphatic carbocycles. The van der Waals surface area contributed by atoms with E-state index < -0.39 is 0 Å². The number of carbonyl (C=O) groups is 1. The van der Waals surface area contributed by atoms with Gasteiger partial charge in [0.2, 0.25) is 0 Å². The lowest BCUT2D eigenvalue weighted by Gasteiger charge is -2.32. The maximum absolute atomic E-state index is 12.8. The summed E-state index contributed by atoms with van der Waals surface area (Å²) in [5.41, 5.74) is 2.51. The molecule has 1 aliphatic heterocycles. The highest BCUT2D eigenvalue weighted by Gasteiger charge is 2.19. The molecular weight excluding hydrogens is 460 g/mol. The third-order valence-electron chi connectivity index (χ3n) is 5.74. The van der Waals surface area contributed by atoms with Crippen LogP contribution in [0.3, 0.4) is 0 Å². The lowest BCUT2D eigenvalue weighted by molar-refractivity contribution is 0.0990. The number of aryl methyl sites for hydroxylation is 1. The third kappa shape index (κ3) is 5.46. The van der Waals surface area contributed by atoms with E-state index in [0.717, 1.165) is 40.9 Å². The molecule has 2 aromatic carbocycles. The molecule has 35 heavy (non-hydrogen) atoms. The smallest absolute Gasteiger partial charge is 0.196 e. The number of aromatic amines is 1. The second-order valence-electron chi connectivity index (χ2n) is 8.34. The van der Waals surface area contributed by atoms with Crippen molar-refractivity contribution in [3.63, 3.8) is 0 Å². The number of para-hydroxylation sites is 1. The van der Waals surface area contributed by atoms with Crippen LogP contribution in [-0.4, -0.2) is 46.1 Å². The maximum atomic E-state index is 12.8. The molecule has 5 rings (SSSR count). The van der Waals surface area contributed by atoms with Crippen LogP contribution < -0.4 is 15.0 Å². The van der Waals surface area contributed by atoms with Gasteiger partial charge in [-0.2, -0.15) is 5.10 Å². The van der Waals surface area contributed by atoms with Crippen LogP contribution in [0.1, 0.15) is 28.0 Å². The summed E-state index contributed by atoms with van der Waals surface area (Å²) < 4.78 is 5.32. The number of hydrogen-bond acceptors (Lipinski definition) is 8. The summed E-state index contributed by atoms with van der Waals surface area (Å²) in [7, 11) is 1.58. The number of H-pyrrole nitrogens is 1. The minimum Gasteiger partial charge on any atom is -0.496 e. The standard InChI is InChI=1S/C26H26N6O2S/c1-17-14-24(31-30-17)27-23-16-25(32-12-5-13-32)29-26(28-23)35-19-10-8-18(9-11-19)15-21(33)20-6-3-4-7-22(20)34-2/h3-4,6-11,14,16H,5,12-13,15H2,1-2H3,(H2,27,28,29,30,31). The highest BCUT2D eigenvalue weighted by Crippen LogP contribution is 2.30. The number of carbonyl (C=O) groups excluding carboxylic acids is 1. The molecule has 3 heterocycles. The number of hydrogen-bond donors (Lipinski definition) is 2. The Hall–Kier alpha value is -3.85. The fourth-order valence-electron chi connectivity index (χ4n) is 3.78. The first-order valence-corrected chi connectivity index (χ1v) is 12.2. The largest absolute Gasteiger partial charge is 0.496 e. The first-order valence-electron chi connectivity index (χ1n) is 11.4. The minimum absolute atomic E-state index is 0.0257. The van der Waals surface area contributed by atoms with E-state index in [-0.39, 0.29) is 5.78 Å². The van der Waals surface area contributed by atoms with E-state index >= 15 is 0 Å². The van der Waals surface area contributed by atoms with Crippen molar-refractivity contribution in [3.8, 4) is 5.75 Å². The van der Waals surface area contributed by atoms with Crippen LogP contribution in [0.4, 0.5) is 17.5 Å². The van der Waals surface area contributed by atoms with E-state index in [9.17, 15) is 4.79 Å². The average molecular weight is 487 g/mol. The summed E-state index contributed by atoms with van der Waals surface area (Å²) >= 11 is 1.49. The van der Waals surface area contributed by atoms with Crippen LogP contribution >= 0.6 is 11.8 Å². The van der Waals surface area contributed by atoms with Gasteiger partial charge in [-0.3, -0.25) is 9.89 Å². The average Bonchev–Trinajstić information content (AvgIpc) is 3.23. The van der Waals surface area contributed by atoms with Gasteiger partial charge in [-0.1, -0.05) is 24.3 Å². The quantitative estimate of drug-likeness (QED) is 0.251. The van der Waals surface area contributed by atoms with Gasteiger partial charge >= 0.3 is 0 Å². The van der Waals surface area contributed by atoms with Crippen molar-refractivity contribution in [1.82, 2.24) is 20.2 Å². The predicted molar refractivity (Wildman–Crippen MR) is 137 cm³/mol. The minimum atomic E-state index is 0.0257. The summed E-state index contributed by atoms with van der Waals surface area (Å²) in [6.07, 6.45) is 1.48. The van der Waals surface area contributed by atoms with Crippen LogP contribution in [0, 0.1) is 6.92 Å². The van der Waals surface area contributed by atoms with E-state index in [0.29, 0.717) is 28.7 Å². The number of ether oxygens (including phenoxy) is 1. The van der Waals surface area contributed by atoms with Gasteiger partial charge in [0.25, 0.3) is 0 Å². The zero-order valence-electron chi connectivity index (χ0n) is 19.6. The Balaban J connectivity index is 1.31. The Bertz CT molecular complexity index is 1330. The monoisotopic (exact) mass is 486 g/mol. The third-order valence-corrected chi connectivity index (χ3v) is 6.61. The van der Waals surface area contributed by atoms with Crippen LogP contribution in [0.15, 0.2) is 70.7 Å². The summed E-state index contributed by atoms with van der Waals surface area (Å²) in [6.45, 7) is 3.95. The summed E-state index contributed by atoms with van der Waals surface area (Å²) in [5, 5.41) is 11.1. The highest BCUT2D eigenvalue weighted by molar-refractivity contribution is 7.99. The Morgan fingerprint density at radius 3 is 2.57 bits per heavy atom. The fraction of sp³-hybridized carbons (Fsp3) is 0.231. The summed E-state index contributed by atoms with van der Waals surface area (Å²) in [4.78, 5) is 25.5. The van der Waals surface area contributed by atoms with Gasteiger partial charge < -0.3 is 15.0 Å². The summed E-state index contributed by atoms with van der Waals surface area (Å²) in [5.74, 6) is 2.95. The van der Waals surface area contributed by atoms with Crippen LogP contribution in [0.2, 0.25) is 0 Å². The van der Waals surface area contributed by atoms with Gasteiger partial charge in [-0.15, -0.1) is 0 Å². The summed E-state index contributed by atoms with van der Waals surface area (Å²) in [6, 6.07) is 19.1. The van der Waals surface area contributed by atoms with Gasteiger partial charge in [0.1, 0.15) is 17.4 Å². The van der Waals surface area contributed by atoms with Gasteiger partial charge in [0, 0.05) is 42.2 Å². The number of Topliss-reactive ketones (excluding diaryl/α,β-unsaturated/α-hetero) is 1. The maximum Gasteiger partial charge on any atom is 0.196 e. The van der Waals surface area contributed by atoms with Crippen molar-refractivity contribution in [1.29, 1.82) is 0 Å². The number of rotatable bonds is 9. The molecule has 1 aliphatic rings. The van der Waals surface area contributed by atoms with E-state index in [2.05, 4.69) is 20.4 Å². The predicted octanol–water partition coefficient (Wildman–Crippen LogP) is 5.05. The van der Waals surface area contributed by atoms with E-state index in [4.69, 9.17) is 14.7 Å². The molecule has 0 atom stereocenters. The zero-order chi connectivity index (χ0) is 24.2. The molecule has 0 spiro atoms. The topological polar surface area (TPSA) is 96.0 Å². The highest BCUT2D eigenvalue weighted by atomic mass is 32.2. The fourth-order valence-corrected chi connectivity index (χ4v) is 4.55. The first-order chi connectivity index (χ1) is 17.1. The van der Waals surface area contributed by atoms with E-state index in [1.54, 1.807) is 19.2 Å². The van der Waals surface area contributed by atoms with Crippen molar-refractivity contribution in [3.05, 3.63) is 77.5 Å². The second kappa shape index (κ2) is 10.2. The van der Waals surface area contributed by atoms with Crippen LogP contribution in [-0.2, 0) is 6.42 Å². The van der Waals surface area contributed by atoms with Crippen molar-refractivity contribution < 1.29 is 9.53 Å². The van der Waals surface area contributed by atoms with E-state index in [1.807, 2.05) is 55.5 Å². The molecule has 178 valence electrons. The van der Waals surface area contributed by atoms with Crippen molar-refractivity contribution in [2.45, 2.75) is 29.8 Å². The Morgan fingerprint density at radius 1 is 1.09 bits per heavy atom. The van der Waals surface area contributed by atoms with Gasteiger partial charge in [-0.05, 0) is 54.9 Å². The molecule has 0 amide bonds. The molecule has 8 nitrogen and oxygen atoms in total. The Labute approximate surface area is 208 Å². The van der Waals surface area contributed by atoms with Crippen molar-refractivity contribution in [2.24, 2.45) is 0 Å². The lowest BCUT2D eigenvalue weighted by Crippen LogP contribution is -2.37. The van der Waals surface area contributed by atoms with Gasteiger partial charge in [0.15, 0.2) is 16.8 Å². The molecule has 1 fully saturated rings. The van der Waals surface area contributed by atoms with Gasteiger partial charge in [0.05, 0.1) is 12.7 Å². The normalized spacial score (nSPS) is 12.8. The van der Waals surface area contributed by atoms with Crippen LogP contribution in [0.25, 0.3) is 0 Å². The van der Waals surface area contributed by atoms with Crippen molar-refractivity contribution in [2.75, 3.05) is 30.4 Å². The molecule has 9 heteroatoms. The number of anilines is 3. The molecule has 1 saturated heterocycles. The SMILES string of the molecule is COc1ccccc1C(=O)Cc1ccc(Sc2nc(Nc3cc(C)[nH]n3)cc(N3CCC3)n2)cc1. The molecule has 0 saturated carbocycles. The molecule has 0 bridgehead atoms. The van der Waals surface area contributed by atoms with E-state index in [1.165, 1.54) is 18.2 Å². The molecule has 2 N–H and O–H groups in total. The number of methoxy groups -OCH3 is 1. The molecule has 0 radical (unpaired) electrons. The Morgan fingerprint density at radius 2 is 1.89 bits per heavy atom.